The SMILES string of the molecule is Cc1c(Cl)cccc1S(=O)(=O)NCC1=CCNCC1.Cl. The van der Waals surface area contributed by atoms with Gasteiger partial charge in [0.15, 0.2) is 0 Å². The van der Waals surface area contributed by atoms with Gasteiger partial charge >= 0.3 is 0 Å². The smallest absolute Gasteiger partial charge is 0.241 e. The lowest BCUT2D eigenvalue weighted by Gasteiger charge is -2.15. The van der Waals surface area contributed by atoms with Crippen LogP contribution in [0.5, 0.6) is 0 Å². The molecule has 4 nitrogen and oxygen atoms in total. The van der Waals surface area contributed by atoms with E-state index in [1.54, 1.807) is 25.1 Å². The van der Waals surface area contributed by atoms with Gasteiger partial charge in [0, 0.05) is 18.1 Å². The lowest BCUT2D eigenvalue weighted by atomic mass is 10.1. The van der Waals surface area contributed by atoms with Crippen molar-refractivity contribution in [1.29, 1.82) is 0 Å². The summed E-state index contributed by atoms with van der Waals surface area (Å²) in [5.41, 5.74) is 1.69. The van der Waals surface area contributed by atoms with E-state index in [1.807, 2.05) is 6.08 Å². The van der Waals surface area contributed by atoms with Crippen molar-refractivity contribution in [3.63, 3.8) is 0 Å². The maximum atomic E-state index is 12.2. The fraction of sp³-hybridized carbons (Fsp3) is 0.385. The second kappa shape index (κ2) is 7.43. The van der Waals surface area contributed by atoms with Crippen LogP contribution in [0.15, 0.2) is 34.7 Å². The average Bonchev–Trinajstić information content (AvgIpc) is 2.41. The van der Waals surface area contributed by atoms with Crippen LogP contribution >= 0.6 is 24.0 Å². The molecule has 20 heavy (non-hydrogen) atoms. The first-order chi connectivity index (χ1) is 9.00. The largest absolute Gasteiger partial charge is 0.313 e. The van der Waals surface area contributed by atoms with Gasteiger partial charge in [-0.2, -0.15) is 0 Å². The Morgan fingerprint density at radius 3 is 2.80 bits per heavy atom. The predicted molar refractivity (Wildman–Crippen MR) is 84.2 cm³/mol. The lowest BCUT2D eigenvalue weighted by molar-refractivity contribution is 0.581. The maximum Gasteiger partial charge on any atom is 0.241 e. The normalized spacial score (nSPS) is 15.4. The summed E-state index contributed by atoms with van der Waals surface area (Å²) in [6.45, 7) is 3.76. The first kappa shape index (κ1) is 17.5. The summed E-state index contributed by atoms with van der Waals surface area (Å²) in [7, 11) is -3.51. The van der Waals surface area contributed by atoms with Crippen molar-refractivity contribution in [3.8, 4) is 0 Å². The van der Waals surface area contributed by atoms with Crippen LogP contribution in [0, 0.1) is 6.92 Å². The van der Waals surface area contributed by atoms with Gasteiger partial charge in [0.05, 0.1) is 4.90 Å². The van der Waals surface area contributed by atoms with E-state index in [2.05, 4.69) is 10.0 Å². The second-order valence-corrected chi connectivity index (χ2v) is 6.65. The van der Waals surface area contributed by atoms with Gasteiger partial charge in [-0.1, -0.05) is 29.3 Å². The van der Waals surface area contributed by atoms with Crippen LogP contribution in [0.1, 0.15) is 12.0 Å². The number of hydrogen-bond donors (Lipinski definition) is 2. The molecular weight excluding hydrogens is 319 g/mol. The summed E-state index contributed by atoms with van der Waals surface area (Å²) in [5, 5.41) is 3.65. The van der Waals surface area contributed by atoms with Gasteiger partial charge in [0.2, 0.25) is 10.0 Å². The van der Waals surface area contributed by atoms with Crippen LogP contribution in [0.2, 0.25) is 5.02 Å². The summed E-state index contributed by atoms with van der Waals surface area (Å²) >= 11 is 5.96. The highest BCUT2D eigenvalue weighted by Crippen LogP contribution is 2.22. The summed E-state index contributed by atoms with van der Waals surface area (Å²) in [5.74, 6) is 0. The molecule has 7 heteroatoms. The van der Waals surface area contributed by atoms with Gasteiger partial charge in [0.25, 0.3) is 0 Å². The van der Waals surface area contributed by atoms with Gasteiger partial charge in [-0.3, -0.25) is 0 Å². The van der Waals surface area contributed by atoms with Gasteiger partial charge in [-0.15, -0.1) is 12.4 Å². The third-order valence-electron chi connectivity index (χ3n) is 3.15. The monoisotopic (exact) mass is 336 g/mol. The third kappa shape index (κ3) is 4.20. The standard InChI is InChI=1S/C13H17ClN2O2S.ClH/c1-10-12(14)3-2-4-13(10)19(17,18)16-9-11-5-7-15-8-6-11;/h2-5,15-16H,6-9H2,1H3;1H. The molecule has 0 saturated heterocycles. The average molecular weight is 337 g/mol. The molecule has 1 heterocycles. The van der Waals surface area contributed by atoms with Crippen molar-refractivity contribution >= 4 is 34.0 Å². The molecule has 2 rings (SSSR count). The van der Waals surface area contributed by atoms with Gasteiger partial charge in [-0.25, -0.2) is 13.1 Å². The minimum atomic E-state index is -3.51. The molecule has 0 atom stereocenters. The molecule has 0 amide bonds. The molecule has 0 unspecified atom stereocenters. The highest BCUT2D eigenvalue weighted by atomic mass is 35.5. The van der Waals surface area contributed by atoms with Crippen molar-refractivity contribution in [2.75, 3.05) is 19.6 Å². The predicted octanol–water partition coefficient (Wildman–Crippen LogP) is 2.27. The number of rotatable bonds is 4. The Morgan fingerprint density at radius 2 is 2.15 bits per heavy atom. The number of sulfonamides is 1. The van der Waals surface area contributed by atoms with Crippen LogP contribution in [0.3, 0.4) is 0 Å². The van der Waals surface area contributed by atoms with Crippen molar-refractivity contribution in [2.45, 2.75) is 18.2 Å². The number of hydrogen-bond acceptors (Lipinski definition) is 3. The molecule has 0 aromatic heterocycles. The quantitative estimate of drug-likeness (QED) is 0.829. The number of nitrogens with one attached hydrogen (secondary N) is 2. The van der Waals surface area contributed by atoms with Crippen molar-refractivity contribution < 1.29 is 8.42 Å². The number of benzene rings is 1. The van der Waals surface area contributed by atoms with Crippen molar-refractivity contribution in [2.24, 2.45) is 0 Å². The lowest BCUT2D eigenvalue weighted by Crippen LogP contribution is -2.30. The molecule has 1 aliphatic heterocycles. The Balaban J connectivity index is 0.00000200. The highest BCUT2D eigenvalue weighted by molar-refractivity contribution is 7.89. The van der Waals surface area contributed by atoms with Crippen molar-refractivity contribution in [3.05, 3.63) is 40.4 Å². The second-order valence-electron chi connectivity index (χ2n) is 4.50. The Hall–Kier alpha value is -0.590. The van der Waals surface area contributed by atoms with Gasteiger partial charge in [0.1, 0.15) is 0 Å². The van der Waals surface area contributed by atoms with Gasteiger partial charge in [-0.05, 0) is 37.6 Å². The zero-order valence-corrected chi connectivity index (χ0v) is 13.5. The first-order valence-corrected chi connectivity index (χ1v) is 8.00. The molecule has 1 aliphatic rings. The highest BCUT2D eigenvalue weighted by Gasteiger charge is 2.18. The van der Waals surface area contributed by atoms with Crippen LogP contribution < -0.4 is 10.0 Å². The number of halogens is 2. The molecule has 0 aliphatic carbocycles. The Morgan fingerprint density at radius 1 is 1.40 bits per heavy atom. The Labute approximate surface area is 131 Å². The molecule has 1 aromatic rings. The molecular formula is C13H18Cl2N2O2S. The van der Waals surface area contributed by atoms with E-state index < -0.39 is 10.0 Å². The van der Waals surface area contributed by atoms with Crippen LogP contribution in [0.4, 0.5) is 0 Å². The van der Waals surface area contributed by atoms with E-state index in [0.29, 0.717) is 17.1 Å². The maximum absolute atomic E-state index is 12.2. The molecule has 1 aromatic carbocycles. The summed E-state index contributed by atoms with van der Waals surface area (Å²) in [4.78, 5) is 0.245. The third-order valence-corrected chi connectivity index (χ3v) is 5.11. The molecule has 112 valence electrons. The molecule has 0 bridgehead atoms. The van der Waals surface area contributed by atoms with E-state index in [-0.39, 0.29) is 17.3 Å². The Kier molecular flexibility index (Phi) is 6.48. The fourth-order valence-electron chi connectivity index (χ4n) is 1.97. The van der Waals surface area contributed by atoms with Crippen molar-refractivity contribution in [1.82, 2.24) is 10.0 Å². The zero-order valence-electron chi connectivity index (χ0n) is 11.1. The fourth-order valence-corrected chi connectivity index (χ4v) is 3.51. The summed E-state index contributed by atoms with van der Waals surface area (Å²) < 4.78 is 27.1. The van der Waals surface area contributed by atoms with Crippen LogP contribution in [0.25, 0.3) is 0 Å². The first-order valence-electron chi connectivity index (χ1n) is 6.14. The molecule has 0 saturated carbocycles. The van der Waals surface area contributed by atoms with E-state index in [0.717, 1.165) is 25.1 Å². The molecule has 0 spiro atoms. The summed E-state index contributed by atoms with van der Waals surface area (Å²) in [6, 6.07) is 4.90. The van der Waals surface area contributed by atoms with Crippen LogP contribution in [-0.4, -0.2) is 28.1 Å². The topological polar surface area (TPSA) is 58.2 Å². The van der Waals surface area contributed by atoms with E-state index >= 15 is 0 Å². The zero-order chi connectivity index (χ0) is 13.9. The summed E-state index contributed by atoms with van der Waals surface area (Å²) in [6.07, 6.45) is 2.90. The van der Waals surface area contributed by atoms with E-state index in [4.69, 9.17) is 11.6 Å². The van der Waals surface area contributed by atoms with Crippen LogP contribution in [-0.2, 0) is 10.0 Å². The minimum Gasteiger partial charge on any atom is -0.313 e. The van der Waals surface area contributed by atoms with E-state index in [9.17, 15) is 8.42 Å². The minimum absolute atomic E-state index is 0. The Bertz CT molecular complexity index is 600. The molecule has 0 fully saturated rings. The van der Waals surface area contributed by atoms with E-state index in [1.165, 1.54) is 0 Å². The molecule has 2 N–H and O–H groups in total. The molecule has 0 radical (unpaired) electrons. The van der Waals surface area contributed by atoms with Gasteiger partial charge < -0.3 is 5.32 Å².